The van der Waals surface area contributed by atoms with Crippen molar-refractivity contribution >= 4 is 26.1 Å². The maximum absolute atomic E-state index is 13.6. The number of methoxy groups -OCH3 is 3. The Balaban J connectivity index is 2.07. The highest BCUT2D eigenvalue weighted by Gasteiger charge is 2.49. The average molecular weight is 715 g/mol. The lowest BCUT2D eigenvalue weighted by molar-refractivity contribution is -0.165. The number of rotatable bonds is 19. The Morgan fingerprint density at radius 3 is 2.14 bits per heavy atom. The summed E-state index contributed by atoms with van der Waals surface area (Å²) in [4.78, 5) is 26.9. The van der Waals surface area contributed by atoms with Crippen LogP contribution in [0.1, 0.15) is 54.0 Å². The summed E-state index contributed by atoms with van der Waals surface area (Å²) in [7, 11) is 3.06. The van der Waals surface area contributed by atoms with Crippen LogP contribution in [0, 0.1) is 5.92 Å². The third-order valence-electron chi connectivity index (χ3n) is 7.56. The maximum Gasteiger partial charge on any atom is 0.342 e. The summed E-state index contributed by atoms with van der Waals surface area (Å²) in [5.41, 5.74) is 1.07. The van der Waals surface area contributed by atoms with Crippen LogP contribution in [0.15, 0.2) is 60.7 Å². The van der Waals surface area contributed by atoms with Gasteiger partial charge in [-0.05, 0) is 55.6 Å². The Hall–Kier alpha value is -3.52. The van der Waals surface area contributed by atoms with Crippen LogP contribution in [0.25, 0.3) is 6.08 Å². The van der Waals surface area contributed by atoms with Crippen molar-refractivity contribution in [3.8, 4) is 11.5 Å². The normalized spacial score (nSPS) is 18.8. The van der Waals surface area contributed by atoms with E-state index in [1.165, 1.54) is 21.3 Å². The number of benzene rings is 2. The Morgan fingerprint density at radius 2 is 1.54 bits per heavy atom. The van der Waals surface area contributed by atoms with Crippen molar-refractivity contribution in [2.75, 3.05) is 41.5 Å². The van der Waals surface area contributed by atoms with Crippen molar-refractivity contribution in [3.05, 3.63) is 77.4 Å². The summed E-state index contributed by atoms with van der Waals surface area (Å²) in [5, 5.41) is 0. The van der Waals surface area contributed by atoms with Crippen molar-refractivity contribution in [3.63, 3.8) is 0 Å². The van der Waals surface area contributed by atoms with Gasteiger partial charge < -0.3 is 42.6 Å². The Labute approximate surface area is 297 Å². The number of carbonyl (C=O) groups is 2. The van der Waals surface area contributed by atoms with Crippen molar-refractivity contribution in [1.29, 1.82) is 0 Å². The number of carbonyl (C=O) groups excluding carboxylic acids is 2. The Morgan fingerprint density at radius 1 is 0.880 bits per heavy atom. The van der Waals surface area contributed by atoms with Gasteiger partial charge in [0.15, 0.2) is 12.6 Å². The lowest BCUT2D eigenvalue weighted by Crippen LogP contribution is -2.44. The number of esters is 2. The minimum Gasteiger partial charge on any atom is -0.497 e. The molecule has 0 radical (unpaired) electrons. The van der Waals surface area contributed by atoms with Gasteiger partial charge in [0.2, 0.25) is 0 Å². The Kier molecular flexibility index (Phi) is 15.7. The fourth-order valence-electron chi connectivity index (χ4n) is 5.08. The molecule has 0 saturated carbocycles. The van der Waals surface area contributed by atoms with Crippen LogP contribution in [0.2, 0.25) is 25.7 Å². The molecule has 2 aromatic rings. The highest BCUT2D eigenvalue weighted by atomic mass is 28.3. The molecule has 1 aliphatic rings. The summed E-state index contributed by atoms with van der Waals surface area (Å²) in [6, 6.07) is 12.9. The van der Waals surface area contributed by atoms with E-state index >= 15 is 0 Å². The van der Waals surface area contributed by atoms with Gasteiger partial charge in [-0.2, -0.15) is 0 Å². The molecule has 50 heavy (non-hydrogen) atoms. The molecule has 0 spiro atoms. The van der Waals surface area contributed by atoms with Gasteiger partial charge in [-0.3, -0.25) is 0 Å². The molecule has 4 atom stereocenters. The van der Waals surface area contributed by atoms with E-state index in [-0.39, 0.29) is 37.4 Å². The highest BCUT2D eigenvalue weighted by Crippen LogP contribution is 2.36. The molecule has 1 heterocycles. The van der Waals surface area contributed by atoms with E-state index in [9.17, 15) is 9.59 Å². The third-order valence-corrected chi connectivity index (χ3v) is 9.26. The smallest absolute Gasteiger partial charge is 0.342 e. The van der Waals surface area contributed by atoms with E-state index in [1.54, 1.807) is 62.4 Å². The van der Waals surface area contributed by atoms with Gasteiger partial charge >= 0.3 is 11.9 Å². The molecule has 1 aliphatic heterocycles. The zero-order valence-corrected chi connectivity index (χ0v) is 32.1. The number of allylic oxidation sites excluding steroid dienone is 1. The summed E-state index contributed by atoms with van der Waals surface area (Å²) >= 11 is 0. The van der Waals surface area contributed by atoms with Crippen LogP contribution >= 0.6 is 0 Å². The first kappa shape index (κ1) is 40.9. The van der Waals surface area contributed by atoms with Gasteiger partial charge in [-0.25, -0.2) is 9.59 Å². The van der Waals surface area contributed by atoms with Crippen molar-refractivity contribution in [2.45, 2.75) is 83.6 Å². The fraction of sp³-hybridized carbons (Fsp3) is 0.526. The standard InChI is InChI=1S/C38H54O11Si/c1-26(2)16-18-31(47-36(39)27-14-12-11-13-15-27)35-34(48-38(3,4)49-35)30(45-24-41-5)19-17-28-22-29(43-7)23-32(46-25-42-6)33(28)37(40)44-20-21-50(8,9)10/h11-19,22-23,26,30-31,34-35H,20-21,24-25H2,1-10H3/b18-16-,19-17+/t30?,31?,34-,35+/m0/s1. The zero-order valence-electron chi connectivity index (χ0n) is 31.1. The summed E-state index contributed by atoms with van der Waals surface area (Å²) in [6.07, 6.45) is 4.06. The van der Waals surface area contributed by atoms with E-state index in [2.05, 4.69) is 19.6 Å². The highest BCUT2D eigenvalue weighted by molar-refractivity contribution is 6.76. The minimum atomic E-state index is -1.47. The van der Waals surface area contributed by atoms with E-state index in [0.29, 0.717) is 16.9 Å². The molecule has 2 aromatic carbocycles. The first-order valence-electron chi connectivity index (χ1n) is 16.8. The monoisotopic (exact) mass is 714 g/mol. The molecule has 11 nitrogen and oxygen atoms in total. The number of hydrogen-bond donors (Lipinski definition) is 0. The molecule has 1 fully saturated rings. The van der Waals surface area contributed by atoms with E-state index < -0.39 is 50.2 Å². The van der Waals surface area contributed by atoms with Gasteiger partial charge in [0.05, 0.1) is 19.3 Å². The molecular formula is C38H54O11Si. The van der Waals surface area contributed by atoms with Crippen molar-refractivity contribution in [2.24, 2.45) is 5.92 Å². The van der Waals surface area contributed by atoms with E-state index in [0.717, 1.165) is 6.04 Å². The quantitative estimate of drug-likeness (QED) is 0.0640. The molecule has 0 N–H and O–H groups in total. The minimum absolute atomic E-state index is 0.0791. The summed E-state index contributed by atoms with van der Waals surface area (Å²) < 4.78 is 52.6. The molecule has 3 rings (SSSR count). The van der Waals surface area contributed by atoms with Gasteiger partial charge in [-0.15, -0.1) is 0 Å². The first-order chi connectivity index (χ1) is 23.7. The van der Waals surface area contributed by atoms with Gasteiger partial charge in [-0.1, -0.05) is 69.9 Å². The molecule has 276 valence electrons. The van der Waals surface area contributed by atoms with E-state index in [1.807, 2.05) is 32.1 Å². The number of ether oxygens (including phenoxy) is 9. The van der Waals surface area contributed by atoms with Crippen LogP contribution in [0.5, 0.6) is 11.5 Å². The second-order valence-corrected chi connectivity index (χ2v) is 19.5. The SMILES string of the molecule is COCOc1cc(OC)cc(/C=C/C(OCOC)[C@@H]2OC(C)(C)O[C@@H]2C(/C=C\C(C)C)OC(=O)c2ccccc2)c1C(=O)OCC[Si](C)(C)C. The van der Waals surface area contributed by atoms with Crippen LogP contribution < -0.4 is 9.47 Å². The summed E-state index contributed by atoms with van der Waals surface area (Å²) in [5.74, 6) is -1.23. The van der Waals surface area contributed by atoms with Crippen molar-refractivity contribution in [1.82, 2.24) is 0 Å². The van der Waals surface area contributed by atoms with Crippen LogP contribution in [0.4, 0.5) is 0 Å². The van der Waals surface area contributed by atoms with Crippen LogP contribution in [-0.4, -0.2) is 91.7 Å². The molecule has 0 aliphatic carbocycles. The van der Waals surface area contributed by atoms with Gasteiger partial charge in [0.1, 0.15) is 48.3 Å². The predicted molar refractivity (Wildman–Crippen MR) is 193 cm³/mol. The molecule has 0 bridgehead atoms. The largest absolute Gasteiger partial charge is 0.497 e. The molecule has 12 heteroatoms. The molecule has 0 amide bonds. The second-order valence-electron chi connectivity index (χ2n) is 13.9. The van der Waals surface area contributed by atoms with Crippen molar-refractivity contribution < 1.29 is 52.2 Å². The second kappa shape index (κ2) is 19.2. The lowest BCUT2D eigenvalue weighted by atomic mass is 9.99. The van der Waals surface area contributed by atoms with Crippen LogP contribution in [-0.2, 0) is 33.2 Å². The van der Waals surface area contributed by atoms with Gasteiger partial charge in [0.25, 0.3) is 0 Å². The Bertz CT molecular complexity index is 1430. The molecule has 2 unspecified atom stereocenters. The van der Waals surface area contributed by atoms with Gasteiger partial charge in [0, 0.05) is 28.4 Å². The molecule has 1 saturated heterocycles. The fourth-order valence-corrected chi connectivity index (χ4v) is 5.80. The molecule has 0 aromatic heterocycles. The average Bonchev–Trinajstić information content (AvgIpc) is 3.39. The predicted octanol–water partition coefficient (Wildman–Crippen LogP) is 7.13. The maximum atomic E-state index is 13.6. The summed E-state index contributed by atoms with van der Waals surface area (Å²) in [6.45, 7) is 14.4. The third kappa shape index (κ3) is 12.7. The topological polar surface area (TPSA) is 117 Å². The molecular weight excluding hydrogens is 660 g/mol. The van der Waals surface area contributed by atoms with E-state index in [4.69, 9.17) is 42.6 Å². The zero-order chi connectivity index (χ0) is 36.9. The first-order valence-corrected chi connectivity index (χ1v) is 20.5. The lowest BCUT2D eigenvalue weighted by Gasteiger charge is -2.28. The van der Waals surface area contributed by atoms with Crippen LogP contribution in [0.3, 0.4) is 0 Å². The number of hydrogen-bond acceptors (Lipinski definition) is 11.